The van der Waals surface area contributed by atoms with Crippen molar-refractivity contribution in [3.8, 4) is 11.1 Å². The molecule has 0 unspecified atom stereocenters. The molecular formula is C13H12N3. The van der Waals surface area contributed by atoms with E-state index in [2.05, 4.69) is 11.4 Å². The van der Waals surface area contributed by atoms with Gasteiger partial charge in [-0.2, -0.15) is 0 Å². The fourth-order valence-electron chi connectivity index (χ4n) is 1.49. The number of benzene rings is 2. The number of rotatable bonds is 2. The van der Waals surface area contributed by atoms with Crippen LogP contribution in [0.4, 0.5) is 5.69 Å². The first-order chi connectivity index (χ1) is 7.75. The normalized spacial score (nSPS) is 9.75. The number of nitrogens with one attached hydrogen (secondary N) is 2. The van der Waals surface area contributed by atoms with Gasteiger partial charge in [0.1, 0.15) is 0 Å². The van der Waals surface area contributed by atoms with Crippen molar-refractivity contribution in [2.45, 2.75) is 0 Å². The summed E-state index contributed by atoms with van der Waals surface area (Å²) in [6.45, 7) is 0. The highest BCUT2D eigenvalue weighted by Gasteiger charge is 1.99. The molecule has 0 fully saturated rings. The molecule has 4 N–H and O–H groups in total. The van der Waals surface area contributed by atoms with Crippen LogP contribution in [0.3, 0.4) is 0 Å². The zero-order valence-electron chi connectivity index (χ0n) is 8.70. The standard InChI is InChI=1S/C13H12N3/c14-13(15)16-12-8-4-7-11(9-12)10-5-2-1-3-6-10/h1-7,9H,(H4,14,15,16). The summed E-state index contributed by atoms with van der Waals surface area (Å²) in [6.07, 6.45) is 0. The monoisotopic (exact) mass is 210 g/mol. The molecule has 0 saturated carbocycles. The maximum atomic E-state index is 7.15. The lowest BCUT2D eigenvalue weighted by Gasteiger charge is -2.06. The van der Waals surface area contributed by atoms with Gasteiger partial charge in [0, 0.05) is 11.8 Å². The van der Waals surface area contributed by atoms with Crippen LogP contribution >= 0.6 is 0 Å². The molecule has 0 aliphatic carbocycles. The summed E-state index contributed by atoms with van der Waals surface area (Å²) < 4.78 is 0. The maximum Gasteiger partial charge on any atom is 0.190 e. The molecule has 2 rings (SSSR count). The maximum absolute atomic E-state index is 7.15. The van der Waals surface area contributed by atoms with Gasteiger partial charge >= 0.3 is 0 Å². The predicted molar refractivity (Wildman–Crippen MR) is 66.3 cm³/mol. The summed E-state index contributed by atoms with van der Waals surface area (Å²) in [5, 5.41) is 9.87. The van der Waals surface area contributed by atoms with Gasteiger partial charge in [-0.05, 0) is 17.2 Å². The zero-order chi connectivity index (χ0) is 11.4. The van der Waals surface area contributed by atoms with E-state index in [1.54, 1.807) is 0 Å². The van der Waals surface area contributed by atoms with E-state index in [1.807, 2.05) is 48.5 Å². The molecule has 0 bridgehead atoms. The third-order valence-electron chi connectivity index (χ3n) is 2.18. The van der Waals surface area contributed by atoms with Gasteiger partial charge in [-0.3, -0.25) is 5.41 Å². The average Bonchev–Trinajstić information content (AvgIpc) is 2.30. The number of nitrogens with two attached hydrogens (primary N) is 1. The Labute approximate surface area is 94.4 Å². The Balaban J connectivity index is 2.33. The molecule has 1 radical (unpaired) electrons. The highest BCUT2D eigenvalue weighted by atomic mass is 15.0. The van der Waals surface area contributed by atoms with E-state index in [0.717, 1.165) is 11.1 Å². The minimum absolute atomic E-state index is 0.0820. The molecule has 0 aliphatic heterocycles. The SMILES string of the molecule is N=C(N)Nc1[c]ccc(-c2ccccc2)c1. The second kappa shape index (κ2) is 4.49. The number of anilines is 1. The lowest BCUT2D eigenvalue weighted by Crippen LogP contribution is -2.20. The van der Waals surface area contributed by atoms with Crippen LogP contribution in [0.2, 0.25) is 0 Å². The van der Waals surface area contributed by atoms with Crippen LogP contribution in [0.1, 0.15) is 0 Å². The average molecular weight is 210 g/mol. The lowest BCUT2D eigenvalue weighted by molar-refractivity contribution is 1.41. The van der Waals surface area contributed by atoms with Gasteiger partial charge in [0.15, 0.2) is 5.96 Å². The van der Waals surface area contributed by atoms with Gasteiger partial charge in [0.2, 0.25) is 0 Å². The first kappa shape index (κ1) is 10.2. The van der Waals surface area contributed by atoms with Crippen LogP contribution in [0.5, 0.6) is 0 Å². The molecule has 2 aromatic rings. The van der Waals surface area contributed by atoms with Gasteiger partial charge in [-0.25, -0.2) is 0 Å². The van der Waals surface area contributed by atoms with Gasteiger partial charge in [0.05, 0.1) is 0 Å². The van der Waals surface area contributed by atoms with Gasteiger partial charge in [-0.15, -0.1) is 0 Å². The van der Waals surface area contributed by atoms with Gasteiger partial charge in [0.25, 0.3) is 0 Å². The Hall–Kier alpha value is -2.29. The highest BCUT2D eigenvalue weighted by Crippen LogP contribution is 2.21. The third-order valence-corrected chi connectivity index (χ3v) is 2.18. The third kappa shape index (κ3) is 2.39. The Morgan fingerprint density at radius 3 is 2.56 bits per heavy atom. The molecule has 0 heterocycles. The zero-order valence-corrected chi connectivity index (χ0v) is 8.70. The number of hydrogen-bond acceptors (Lipinski definition) is 1. The van der Waals surface area contributed by atoms with Crippen molar-refractivity contribution >= 4 is 11.6 Å². The lowest BCUT2D eigenvalue weighted by atomic mass is 10.1. The molecule has 0 aromatic heterocycles. The van der Waals surface area contributed by atoms with Crippen LogP contribution in [-0.2, 0) is 0 Å². The van der Waals surface area contributed by atoms with Gasteiger partial charge in [-0.1, -0.05) is 42.5 Å². The van der Waals surface area contributed by atoms with E-state index in [1.165, 1.54) is 0 Å². The molecule has 3 nitrogen and oxygen atoms in total. The van der Waals surface area contributed by atoms with Crippen LogP contribution in [-0.4, -0.2) is 5.96 Å². The van der Waals surface area contributed by atoms with Crippen molar-refractivity contribution in [1.82, 2.24) is 0 Å². The summed E-state index contributed by atoms with van der Waals surface area (Å²) in [5.41, 5.74) is 8.17. The van der Waals surface area contributed by atoms with Gasteiger partial charge < -0.3 is 11.1 Å². The van der Waals surface area contributed by atoms with E-state index >= 15 is 0 Å². The number of hydrogen-bond donors (Lipinski definition) is 3. The molecular weight excluding hydrogens is 198 g/mol. The quantitative estimate of drug-likeness (QED) is 0.526. The Morgan fingerprint density at radius 1 is 1.12 bits per heavy atom. The first-order valence-electron chi connectivity index (χ1n) is 4.94. The van der Waals surface area contributed by atoms with E-state index in [-0.39, 0.29) is 5.96 Å². The molecule has 3 heteroatoms. The number of guanidine groups is 1. The van der Waals surface area contributed by atoms with E-state index in [9.17, 15) is 0 Å². The minimum atomic E-state index is -0.0820. The smallest absolute Gasteiger partial charge is 0.190 e. The molecule has 0 saturated heterocycles. The summed E-state index contributed by atoms with van der Waals surface area (Å²) in [7, 11) is 0. The van der Waals surface area contributed by atoms with Crippen LogP contribution in [0, 0.1) is 11.5 Å². The molecule has 0 spiro atoms. The molecule has 0 aliphatic rings. The summed E-state index contributed by atoms with van der Waals surface area (Å²) in [4.78, 5) is 0. The second-order valence-corrected chi connectivity index (χ2v) is 3.40. The van der Waals surface area contributed by atoms with Crippen molar-refractivity contribution in [1.29, 1.82) is 5.41 Å². The molecule has 2 aromatic carbocycles. The fraction of sp³-hybridized carbons (Fsp3) is 0. The Bertz CT molecular complexity index is 492. The van der Waals surface area contributed by atoms with Crippen molar-refractivity contribution in [2.24, 2.45) is 5.73 Å². The predicted octanol–water partition coefficient (Wildman–Crippen LogP) is 2.46. The van der Waals surface area contributed by atoms with E-state index in [4.69, 9.17) is 11.1 Å². The molecule has 79 valence electrons. The Kier molecular flexibility index (Phi) is 2.87. The van der Waals surface area contributed by atoms with Crippen LogP contribution in [0.15, 0.2) is 48.5 Å². The van der Waals surface area contributed by atoms with Crippen molar-refractivity contribution in [3.05, 3.63) is 54.6 Å². The van der Waals surface area contributed by atoms with E-state index in [0.29, 0.717) is 5.69 Å². The summed E-state index contributed by atoms with van der Waals surface area (Å²) in [6, 6.07) is 18.7. The van der Waals surface area contributed by atoms with Crippen molar-refractivity contribution in [2.75, 3.05) is 5.32 Å². The highest BCUT2D eigenvalue weighted by molar-refractivity contribution is 5.90. The largest absolute Gasteiger partial charge is 0.370 e. The fourth-order valence-corrected chi connectivity index (χ4v) is 1.49. The van der Waals surface area contributed by atoms with Crippen molar-refractivity contribution < 1.29 is 0 Å². The first-order valence-corrected chi connectivity index (χ1v) is 4.94. The van der Waals surface area contributed by atoms with Crippen molar-refractivity contribution in [3.63, 3.8) is 0 Å². The summed E-state index contributed by atoms with van der Waals surface area (Å²) >= 11 is 0. The second-order valence-electron chi connectivity index (χ2n) is 3.40. The van der Waals surface area contributed by atoms with Crippen LogP contribution in [0.25, 0.3) is 11.1 Å². The van der Waals surface area contributed by atoms with E-state index < -0.39 is 0 Å². The van der Waals surface area contributed by atoms with Crippen LogP contribution < -0.4 is 11.1 Å². The molecule has 0 amide bonds. The summed E-state index contributed by atoms with van der Waals surface area (Å²) in [5.74, 6) is -0.0820. The molecule has 16 heavy (non-hydrogen) atoms. The minimum Gasteiger partial charge on any atom is -0.370 e. The molecule has 0 atom stereocenters. The topological polar surface area (TPSA) is 61.9 Å². The Morgan fingerprint density at radius 2 is 1.88 bits per heavy atom.